The summed E-state index contributed by atoms with van der Waals surface area (Å²) in [5.41, 5.74) is 4.28. The highest BCUT2D eigenvalue weighted by Crippen LogP contribution is 2.47. The van der Waals surface area contributed by atoms with Crippen LogP contribution < -0.4 is 11.3 Å². The van der Waals surface area contributed by atoms with Gasteiger partial charge in [-0.15, -0.1) is 0 Å². The van der Waals surface area contributed by atoms with Gasteiger partial charge in [-0.25, -0.2) is 0 Å². The minimum atomic E-state index is -0.243. The molecule has 5 nitrogen and oxygen atoms in total. The number of hydrazine groups is 1. The Morgan fingerprint density at radius 3 is 2.42 bits per heavy atom. The maximum Gasteiger partial charge on any atom is 0.0773 e. The zero-order valence-corrected chi connectivity index (χ0v) is 12.4. The van der Waals surface area contributed by atoms with E-state index in [1.54, 1.807) is 12.4 Å². The Hall–Kier alpha value is -1.04. The summed E-state index contributed by atoms with van der Waals surface area (Å²) in [6, 6.07) is -0.0510. The van der Waals surface area contributed by atoms with E-state index in [0.717, 1.165) is 17.8 Å². The van der Waals surface area contributed by atoms with E-state index in [-0.39, 0.29) is 23.2 Å². The van der Waals surface area contributed by atoms with Crippen LogP contribution in [0.2, 0.25) is 0 Å². The van der Waals surface area contributed by atoms with Crippen LogP contribution in [0.1, 0.15) is 51.5 Å². The van der Waals surface area contributed by atoms with Gasteiger partial charge in [0.15, 0.2) is 0 Å². The summed E-state index contributed by atoms with van der Waals surface area (Å²) in [6.07, 6.45) is 4.50. The molecule has 2 rings (SSSR count). The van der Waals surface area contributed by atoms with Crippen LogP contribution in [0.4, 0.5) is 0 Å². The number of hydrogen-bond donors (Lipinski definition) is 2. The van der Waals surface area contributed by atoms with Crippen molar-refractivity contribution < 1.29 is 4.74 Å². The standard InChI is InChI=1S/C14H24N4O/c1-9-7-17-11(8-16-9)12(18-15)10-6-13(2,3)19-14(10,4)5/h7-8,10,12,18H,6,15H2,1-5H3. The van der Waals surface area contributed by atoms with Crippen LogP contribution in [0, 0.1) is 12.8 Å². The highest BCUT2D eigenvalue weighted by molar-refractivity contribution is 5.11. The molecule has 0 aromatic carbocycles. The van der Waals surface area contributed by atoms with E-state index < -0.39 is 0 Å². The molecule has 0 saturated carbocycles. The summed E-state index contributed by atoms with van der Waals surface area (Å²) < 4.78 is 6.13. The van der Waals surface area contributed by atoms with Gasteiger partial charge in [0, 0.05) is 12.1 Å². The van der Waals surface area contributed by atoms with E-state index in [1.165, 1.54) is 0 Å². The van der Waals surface area contributed by atoms with Gasteiger partial charge in [0.25, 0.3) is 0 Å². The van der Waals surface area contributed by atoms with Crippen molar-refractivity contribution in [1.29, 1.82) is 0 Å². The molecule has 1 fully saturated rings. The van der Waals surface area contributed by atoms with Crippen LogP contribution in [-0.2, 0) is 4.74 Å². The fourth-order valence-corrected chi connectivity index (χ4v) is 3.09. The fraction of sp³-hybridized carbons (Fsp3) is 0.714. The van der Waals surface area contributed by atoms with E-state index in [1.807, 2.05) is 6.92 Å². The SMILES string of the molecule is Cc1cnc(C(NN)C2CC(C)(C)OC2(C)C)cn1. The molecule has 1 aliphatic rings. The molecule has 0 bridgehead atoms. The van der Waals surface area contributed by atoms with E-state index in [0.29, 0.717) is 0 Å². The minimum absolute atomic E-state index is 0.0510. The van der Waals surface area contributed by atoms with Gasteiger partial charge in [-0.05, 0) is 41.0 Å². The molecule has 1 saturated heterocycles. The van der Waals surface area contributed by atoms with Crippen LogP contribution in [0.15, 0.2) is 12.4 Å². The Bertz CT molecular complexity index is 441. The Balaban J connectivity index is 2.29. The van der Waals surface area contributed by atoms with Crippen molar-refractivity contribution in [2.24, 2.45) is 11.8 Å². The van der Waals surface area contributed by atoms with Gasteiger partial charge in [0.1, 0.15) is 0 Å². The number of nitrogens with zero attached hydrogens (tertiary/aromatic N) is 2. The molecular weight excluding hydrogens is 240 g/mol. The lowest BCUT2D eigenvalue weighted by atomic mass is 9.80. The third-order valence-electron chi connectivity index (χ3n) is 3.85. The molecule has 1 aliphatic heterocycles. The second kappa shape index (κ2) is 4.81. The summed E-state index contributed by atoms with van der Waals surface area (Å²) >= 11 is 0. The van der Waals surface area contributed by atoms with E-state index in [4.69, 9.17) is 10.6 Å². The quantitative estimate of drug-likeness (QED) is 0.644. The van der Waals surface area contributed by atoms with E-state index in [9.17, 15) is 0 Å². The Morgan fingerprint density at radius 1 is 1.32 bits per heavy atom. The number of aromatic nitrogens is 2. The summed E-state index contributed by atoms with van der Waals surface area (Å²) in [4.78, 5) is 8.75. The lowest BCUT2D eigenvalue weighted by Gasteiger charge is -2.32. The Morgan fingerprint density at radius 2 is 2.00 bits per heavy atom. The molecule has 0 aliphatic carbocycles. The predicted molar refractivity (Wildman–Crippen MR) is 74.2 cm³/mol. The second-order valence-electron chi connectivity index (χ2n) is 6.50. The van der Waals surface area contributed by atoms with Crippen LogP contribution in [0.25, 0.3) is 0 Å². The van der Waals surface area contributed by atoms with Gasteiger partial charge in [-0.1, -0.05) is 0 Å². The van der Waals surface area contributed by atoms with Crippen molar-refractivity contribution >= 4 is 0 Å². The van der Waals surface area contributed by atoms with Gasteiger partial charge < -0.3 is 4.74 Å². The molecule has 2 heterocycles. The van der Waals surface area contributed by atoms with Gasteiger partial charge in [0.05, 0.1) is 34.8 Å². The first-order valence-electron chi connectivity index (χ1n) is 6.70. The molecule has 2 unspecified atom stereocenters. The monoisotopic (exact) mass is 264 g/mol. The van der Waals surface area contributed by atoms with Crippen LogP contribution in [0.5, 0.6) is 0 Å². The van der Waals surface area contributed by atoms with Crippen molar-refractivity contribution in [3.8, 4) is 0 Å². The maximum absolute atomic E-state index is 6.13. The molecule has 19 heavy (non-hydrogen) atoms. The summed E-state index contributed by atoms with van der Waals surface area (Å²) in [7, 11) is 0. The summed E-state index contributed by atoms with van der Waals surface area (Å²) in [5.74, 6) is 6.01. The fourth-order valence-electron chi connectivity index (χ4n) is 3.09. The van der Waals surface area contributed by atoms with Crippen molar-refractivity contribution in [3.05, 3.63) is 23.8 Å². The van der Waals surface area contributed by atoms with Gasteiger partial charge in [-0.2, -0.15) is 0 Å². The molecule has 3 N–H and O–H groups in total. The number of nitrogens with one attached hydrogen (secondary N) is 1. The highest BCUT2D eigenvalue weighted by Gasteiger charge is 2.49. The van der Waals surface area contributed by atoms with Crippen LogP contribution in [-0.4, -0.2) is 21.2 Å². The summed E-state index contributed by atoms with van der Waals surface area (Å²) in [5, 5.41) is 0. The third kappa shape index (κ3) is 2.94. The van der Waals surface area contributed by atoms with Gasteiger partial charge in [-0.3, -0.25) is 21.2 Å². The molecule has 1 aromatic rings. The number of ether oxygens (including phenoxy) is 1. The third-order valence-corrected chi connectivity index (χ3v) is 3.85. The number of nitrogens with two attached hydrogens (primary N) is 1. The first kappa shape index (κ1) is 14.4. The zero-order valence-electron chi connectivity index (χ0n) is 12.4. The first-order chi connectivity index (χ1) is 8.75. The summed E-state index contributed by atoms with van der Waals surface area (Å²) in [6.45, 7) is 10.4. The van der Waals surface area contributed by atoms with Crippen molar-refractivity contribution in [1.82, 2.24) is 15.4 Å². The predicted octanol–water partition coefficient (Wildman–Crippen LogP) is 1.88. The normalized spacial score (nSPS) is 26.3. The Kier molecular flexibility index (Phi) is 3.64. The molecule has 0 amide bonds. The largest absolute Gasteiger partial charge is 0.369 e. The maximum atomic E-state index is 6.13. The second-order valence-corrected chi connectivity index (χ2v) is 6.50. The van der Waals surface area contributed by atoms with Crippen molar-refractivity contribution in [2.45, 2.75) is 58.3 Å². The van der Waals surface area contributed by atoms with E-state index in [2.05, 4.69) is 43.1 Å². The van der Waals surface area contributed by atoms with E-state index >= 15 is 0 Å². The van der Waals surface area contributed by atoms with Crippen molar-refractivity contribution in [3.63, 3.8) is 0 Å². The number of hydrogen-bond acceptors (Lipinski definition) is 5. The molecule has 0 spiro atoms. The molecule has 1 aromatic heterocycles. The van der Waals surface area contributed by atoms with Crippen LogP contribution in [0.3, 0.4) is 0 Å². The highest BCUT2D eigenvalue weighted by atomic mass is 16.5. The molecule has 5 heteroatoms. The number of rotatable bonds is 3. The van der Waals surface area contributed by atoms with Crippen LogP contribution >= 0.6 is 0 Å². The average Bonchev–Trinajstić information content (AvgIpc) is 2.51. The van der Waals surface area contributed by atoms with Crippen molar-refractivity contribution in [2.75, 3.05) is 0 Å². The lowest BCUT2D eigenvalue weighted by Crippen LogP contribution is -2.41. The van der Waals surface area contributed by atoms with Gasteiger partial charge >= 0.3 is 0 Å². The first-order valence-corrected chi connectivity index (χ1v) is 6.70. The topological polar surface area (TPSA) is 73.1 Å². The molecular formula is C14H24N4O. The molecule has 106 valence electrons. The number of aryl methyl sites for hydroxylation is 1. The molecule has 0 radical (unpaired) electrons. The van der Waals surface area contributed by atoms with Gasteiger partial charge in [0.2, 0.25) is 0 Å². The lowest BCUT2D eigenvalue weighted by molar-refractivity contribution is -0.0780. The molecule has 2 atom stereocenters. The zero-order chi connectivity index (χ0) is 14.3. The minimum Gasteiger partial charge on any atom is -0.369 e. The Labute approximate surface area is 114 Å². The average molecular weight is 264 g/mol. The smallest absolute Gasteiger partial charge is 0.0773 e.